The molecule has 1 aromatic rings. The second-order valence-corrected chi connectivity index (χ2v) is 5.21. The van der Waals surface area contributed by atoms with E-state index in [4.69, 9.17) is 5.11 Å². The van der Waals surface area contributed by atoms with Gasteiger partial charge in [-0.1, -0.05) is 0 Å². The highest BCUT2D eigenvalue weighted by atomic mass is 79.9. The first-order valence-corrected chi connectivity index (χ1v) is 6.51. The lowest BCUT2D eigenvalue weighted by Gasteiger charge is -2.30. The Morgan fingerprint density at radius 2 is 2.22 bits per heavy atom. The van der Waals surface area contributed by atoms with Gasteiger partial charge in [0.2, 0.25) is 0 Å². The number of carboxylic acids is 1. The third kappa shape index (κ3) is 2.87. The molecule has 1 saturated heterocycles. The minimum absolute atomic E-state index is 0.201. The van der Waals surface area contributed by atoms with Crippen LogP contribution in [0.5, 0.6) is 0 Å². The summed E-state index contributed by atoms with van der Waals surface area (Å²) < 4.78 is 0.807. The van der Waals surface area contributed by atoms with Crippen molar-refractivity contribution >= 4 is 27.8 Å². The largest absolute Gasteiger partial charge is 0.481 e. The van der Waals surface area contributed by atoms with Crippen LogP contribution in [0.2, 0.25) is 0 Å². The molecular formula is C12H13BrN2O3. The minimum atomic E-state index is -0.837. The van der Waals surface area contributed by atoms with Crippen molar-refractivity contribution in [2.45, 2.75) is 12.8 Å². The molecule has 0 bridgehead atoms. The number of amides is 1. The fraction of sp³-hybridized carbons (Fsp3) is 0.417. The molecule has 18 heavy (non-hydrogen) atoms. The molecule has 0 aliphatic carbocycles. The lowest BCUT2D eigenvalue weighted by Crippen LogP contribution is -2.42. The standard InChI is InChI=1S/C12H13BrN2O3/c13-9-3-4-10(14-6-9)11(16)15-5-1-2-8(7-15)12(17)18/h3-4,6,8H,1-2,5,7H2,(H,17,18)/t8-/m0/s1. The maximum Gasteiger partial charge on any atom is 0.308 e. The second-order valence-electron chi connectivity index (χ2n) is 4.29. The SMILES string of the molecule is O=C(O)[C@H]1CCCN(C(=O)c2ccc(Br)cn2)C1. The molecule has 0 unspecified atom stereocenters. The van der Waals surface area contributed by atoms with Crippen LogP contribution in [0.3, 0.4) is 0 Å². The number of carbonyl (C=O) groups is 2. The molecule has 2 heterocycles. The number of carbonyl (C=O) groups excluding carboxylic acids is 1. The molecule has 1 atom stereocenters. The third-order valence-corrected chi connectivity index (χ3v) is 3.47. The summed E-state index contributed by atoms with van der Waals surface area (Å²) in [5.41, 5.74) is 0.351. The maximum atomic E-state index is 12.1. The smallest absolute Gasteiger partial charge is 0.308 e. The number of aliphatic carboxylic acids is 1. The predicted octanol–water partition coefficient (Wildman–Crippen LogP) is 1.78. The molecule has 6 heteroatoms. The topological polar surface area (TPSA) is 70.5 Å². The van der Waals surface area contributed by atoms with Crippen LogP contribution in [-0.4, -0.2) is 40.0 Å². The Morgan fingerprint density at radius 3 is 2.83 bits per heavy atom. The number of likely N-dealkylation sites (tertiary alicyclic amines) is 1. The van der Waals surface area contributed by atoms with Crippen molar-refractivity contribution in [3.8, 4) is 0 Å². The van der Waals surface area contributed by atoms with E-state index in [1.54, 1.807) is 23.2 Å². The summed E-state index contributed by atoms with van der Waals surface area (Å²) in [5.74, 6) is -1.50. The highest BCUT2D eigenvalue weighted by Gasteiger charge is 2.28. The van der Waals surface area contributed by atoms with Crippen LogP contribution < -0.4 is 0 Å². The van der Waals surface area contributed by atoms with Gasteiger partial charge in [-0.2, -0.15) is 0 Å². The Balaban J connectivity index is 2.09. The summed E-state index contributed by atoms with van der Waals surface area (Å²) in [4.78, 5) is 28.7. The number of halogens is 1. The van der Waals surface area contributed by atoms with Gasteiger partial charge in [-0.3, -0.25) is 9.59 Å². The lowest BCUT2D eigenvalue weighted by atomic mass is 9.98. The van der Waals surface area contributed by atoms with Crippen molar-refractivity contribution in [2.24, 2.45) is 5.92 Å². The number of carboxylic acid groups (broad SMARTS) is 1. The van der Waals surface area contributed by atoms with Gasteiger partial charge >= 0.3 is 5.97 Å². The molecular weight excluding hydrogens is 300 g/mol. The maximum absolute atomic E-state index is 12.1. The van der Waals surface area contributed by atoms with E-state index in [-0.39, 0.29) is 12.5 Å². The van der Waals surface area contributed by atoms with Gasteiger partial charge in [0.1, 0.15) is 5.69 Å². The number of pyridine rings is 1. The van der Waals surface area contributed by atoms with E-state index < -0.39 is 11.9 Å². The average Bonchev–Trinajstić information content (AvgIpc) is 2.39. The van der Waals surface area contributed by atoms with E-state index in [1.165, 1.54) is 0 Å². The zero-order chi connectivity index (χ0) is 13.1. The van der Waals surface area contributed by atoms with Crippen LogP contribution in [0.25, 0.3) is 0 Å². The third-order valence-electron chi connectivity index (χ3n) is 3.00. The van der Waals surface area contributed by atoms with Crippen LogP contribution in [0.15, 0.2) is 22.8 Å². The van der Waals surface area contributed by atoms with E-state index in [2.05, 4.69) is 20.9 Å². The molecule has 0 saturated carbocycles. The van der Waals surface area contributed by atoms with Crippen molar-refractivity contribution in [1.82, 2.24) is 9.88 Å². The van der Waals surface area contributed by atoms with Crippen molar-refractivity contribution in [3.05, 3.63) is 28.5 Å². The van der Waals surface area contributed by atoms with Crippen molar-refractivity contribution in [2.75, 3.05) is 13.1 Å². The zero-order valence-electron chi connectivity index (χ0n) is 9.67. The van der Waals surface area contributed by atoms with Crippen LogP contribution in [0, 0.1) is 5.92 Å². The number of piperidine rings is 1. The van der Waals surface area contributed by atoms with Gasteiger partial charge in [0.05, 0.1) is 5.92 Å². The molecule has 5 nitrogen and oxygen atoms in total. The average molecular weight is 313 g/mol. The van der Waals surface area contributed by atoms with Gasteiger partial charge < -0.3 is 10.0 Å². The number of rotatable bonds is 2. The van der Waals surface area contributed by atoms with Crippen LogP contribution in [0.1, 0.15) is 23.3 Å². The molecule has 1 aromatic heterocycles. The number of nitrogens with zero attached hydrogens (tertiary/aromatic N) is 2. The Bertz CT molecular complexity index is 461. The summed E-state index contributed by atoms with van der Waals surface area (Å²) in [5, 5.41) is 8.98. The summed E-state index contributed by atoms with van der Waals surface area (Å²) in [6, 6.07) is 3.38. The van der Waals surface area contributed by atoms with Gasteiger partial charge in [-0.25, -0.2) is 4.98 Å². The normalized spacial score (nSPS) is 19.6. The molecule has 1 amide bonds. The van der Waals surface area contributed by atoms with E-state index in [0.29, 0.717) is 18.7 Å². The van der Waals surface area contributed by atoms with Gasteiger partial charge in [-0.05, 0) is 40.9 Å². The van der Waals surface area contributed by atoms with E-state index in [1.807, 2.05) is 0 Å². The Labute approximate surface area is 113 Å². The van der Waals surface area contributed by atoms with Crippen LogP contribution in [0.4, 0.5) is 0 Å². The van der Waals surface area contributed by atoms with Gasteiger partial charge in [0.25, 0.3) is 5.91 Å². The molecule has 0 radical (unpaired) electrons. The van der Waals surface area contributed by atoms with Gasteiger partial charge in [0.15, 0.2) is 0 Å². The van der Waals surface area contributed by atoms with Crippen molar-refractivity contribution in [3.63, 3.8) is 0 Å². The fourth-order valence-corrected chi connectivity index (χ4v) is 2.26. The monoisotopic (exact) mass is 312 g/mol. The molecule has 1 aliphatic rings. The summed E-state index contributed by atoms with van der Waals surface area (Å²) in [6.07, 6.45) is 2.91. The van der Waals surface area contributed by atoms with E-state index in [0.717, 1.165) is 10.9 Å². The minimum Gasteiger partial charge on any atom is -0.481 e. The first-order chi connectivity index (χ1) is 8.58. The van der Waals surface area contributed by atoms with E-state index >= 15 is 0 Å². The molecule has 0 aromatic carbocycles. The van der Waals surface area contributed by atoms with Gasteiger partial charge in [0, 0.05) is 23.8 Å². The van der Waals surface area contributed by atoms with Gasteiger partial charge in [-0.15, -0.1) is 0 Å². The molecule has 96 valence electrons. The van der Waals surface area contributed by atoms with E-state index in [9.17, 15) is 9.59 Å². The highest BCUT2D eigenvalue weighted by Crippen LogP contribution is 2.18. The van der Waals surface area contributed by atoms with Crippen LogP contribution in [-0.2, 0) is 4.79 Å². The quantitative estimate of drug-likeness (QED) is 0.903. The molecule has 1 fully saturated rings. The summed E-state index contributed by atoms with van der Waals surface area (Å²) in [6.45, 7) is 0.867. The summed E-state index contributed by atoms with van der Waals surface area (Å²) in [7, 11) is 0. The fourth-order valence-electron chi connectivity index (χ4n) is 2.03. The molecule has 1 N–H and O–H groups in total. The lowest BCUT2D eigenvalue weighted by molar-refractivity contribution is -0.143. The predicted molar refractivity (Wildman–Crippen MR) is 68.2 cm³/mol. The summed E-state index contributed by atoms with van der Waals surface area (Å²) >= 11 is 3.25. The molecule has 0 spiro atoms. The second kappa shape index (κ2) is 5.48. The Morgan fingerprint density at radius 1 is 1.44 bits per heavy atom. The Kier molecular flexibility index (Phi) is 3.96. The number of aromatic nitrogens is 1. The zero-order valence-corrected chi connectivity index (χ0v) is 11.3. The molecule has 2 rings (SSSR count). The first-order valence-electron chi connectivity index (χ1n) is 5.71. The number of hydrogen-bond donors (Lipinski definition) is 1. The van der Waals surface area contributed by atoms with Crippen molar-refractivity contribution < 1.29 is 14.7 Å². The Hall–Kier alpha value is -1.43. The first kappa shape index (κ1) is 13.0. The molecule has 1 aliphatic heterocycles. The van der Waals surface area contributed by atoms with Crippen molar-refractivity contribution in [1.29, 1.82) is 0 Å². The van der Waals surface area contributed by atoms with Crippen LogP contribution >= 0.6 is 15.9 Å². The number of hydrogen-bond acceptors (Lipinski definition) is 3. The highest BCUT2D eigenvalue weighted by molar-refractivity contribution is 9.10.